The second-order valence-electron chi connectivity index (χ2n) is 7.81. The second-order valence-corrected chi connectivity index (χ2v) is 7.81. The van der Waals surface area contributed by atoms with Gasteiger partial charge in [-0.25, -0.2) is 0 Å². The molecular weight excluding hydrogens is 330 g/mol. The SMILES string of the molecule is CCC(CCNC(=NC)NCC(C)(C)N1CCOCC1)N1CCCC1=O. The van der Waals surface area contributed by atoms with Gasteiger partial charge in [0.2, 0.25) is 5.91 Å². The van der Waals surface area contributed by atoms with Crippen LogP contribution in [0.5, 0.6) is 0 Å². The van der Waals surface area contributed by atoms with Gasteiger partial charge in [-0.1, -0.05) is 6.92 Å². The van der Waals surface area contributed by atoms with E-state index in [1.807, 2.05) is 0 Å². The van der Waals surface area contributed by atoms with Crippen LogP contribution in [0.3, 0.4) is 0 Å². The lowest BCUT2D eigenvalue weighted by molar-refractivity contribution is -0.129. The van der Waals surface area contributed by atoms with Crippen molar-refractivity contribution in [3.8, 4) is 0 Å². The fourth-order valence-corrected chi connectivity index (χ4v) is 3.79. The van der Waals surface area contributed by atoms with Gasteiger partial charge >= 0.3 is 0 Å². The van der Waals surface area contributed by atoms with Gasteiger partial charge in [-0.05, 0) is 33.1 Å². The number of carbonyl (C=O) groups excluding carboxylic acids is 1. The Bertz CT molecular complexity index is 475. The first kappa shape index (κ1) is 21.0. The predicted octanol–water partition coefficient (Wildman–Crippen LogP) is 1.05. The monoisotopic (exact) mass is 367 g/mol. The Labute approximate surface area is 158 Å². The molecule has 7 heteroatoms. The summed E-state index contributed by atoms with van der Waals surface area (Å²) in [5.41, 5.74) is 0.0509. The molecule has 0 spiro atoms. The van der Waals surface area contributed by atoms with Crippen molar-refractivity contribution in [2.24, 2.45) is 4.99 Å². The normalized spacial score (nSPS) is 21.2. The van der Waals surface area contributed by atoms with Gasteiger partial charge in [0.05, 0.1) is 13.2 Å². The van der Waals surface area contributed by atoms with Gasteiger partial charge < -0.3 is 20.3 Å². The number of aliphatic imine (C=N–C) groups is 1. The van der Waals surface area contributed by atoms with E-state index in [0.29, 0.717) is 18.4 Å². The molecule has 0 aromatic heterocycles. The fourth-order valence-electron chi connectivity index (χ4n) is 3.79. The first-order valence-corrected chi connectivity index (χ1v) is 10.0. The molecule has 0 aliphatic carbocycles. The fraction of sp³-hybridized carbons (Fsp3) is 0.895. The zero-order chi connectivity index (χ0) is 19.0. The average molecular weight is 368 g/mol. The number of hydrogen-bond acceptors (Lipinski definition) is 4. The van der Waals surface area contributed by atoms with Gasteiger partial charge in [0.15, 0.2) is 5.96 Å². The highest BCUT2D eigenvalue weighted by molar-refractivity contribution is 5.80. The predicted molar refractivity (Wildman–Crippen MR) is 105 cm³/mol. The van der Waals surface area contributed by atoms with Gasteiger partial charge in [0.25, 0.3) is 0 Å². The number of likely N-dealkylation sites (tertiary alicyclic amines) is 1. The van der Waals surface area contributed by atoms with Crippen molar-refractivity contribution in [3.05, 3.63) is 0 Å². The lowest BCUT2D eigenvalue weighted by Crippen LogP contribution is -2.56. The molecule has 2 rings (SSSR count). The molecule has 7 nitrogen and oxygen atoms in total. The maximum Gasteiger partial charge on any atom is 0.222 e. The molecule has 2 heterocycles. The average Bonchev–Trinajstić information content (AvgIpc) is 3.08. The summed E-state index contributed by atoms with van der Waals surface area (Å²) in [6.07, 6.45) is 3.67. The lowest BCUT2D eigenvalue weighted by Gasteiger charge is -2.41. The lowest BCUT2D eigenvalue weighted by atomic mass is 10.0. The summed E-state index contributed by atoms with van der Waals surface area (Å²) in [7, 11) is 1.80. The topological polar surface area (TPSA) is 69.2 Å². The molecule has 2 N–H and O–H groups in total. The van der Waals surface area contributed by atoms with E-state index in [9.17, 15) is 4.79 Å². The standard InChI is InChI=1S/C19H37N5O2/c1-5-16(24-10-6-7-17(24)25)8-9-21-18(20-4)22-15-19(2,3)23-11-13-26-14-12-23/h16H,5-15H2,1-4H3,(H2,20,21,22). The number of nitrogens with zero attached hydrogens (tertiary/aromatic N) is 3. The number of ether oxygens (including phenoxy) is 1. The highest BCUT2D eigenvalue weighted by Crippen LogP contribution is 2.18. The third-order valence-corrected chi connectivity index (χ3v) is 5.57. The summed E-state index contributed by atoms with van der Waals surface area (Å²) < 4.78 is 5.45. The van der Waals surface area contributed by atoms with Crippen LogP contribution in [0.25, 0.3) is 0 Å². The third-order valence-electron chi connectivity index (χ3n) is 5.57. The molecule has 26 heavy (non-hydrogen) atoms. The van der Waals surface area contributed by atoms with Crippen molar-refractivity contribution >= 4 is 11.9 Å². The highest BCUT2D eigenvalue weighted by Gasteiger charge is 2.29. The Morgan fingerprint density at radius 3 is 2.58 bits per heavy atom. The van der Waals surface area contributed by atoms with Gasteiger partial charge in [-0.2, -0.15) is 0 Å². The molecule has 2 saturated heterocycles. The minimum atomic E-state index is 0.0509. The van der Waals surface area contributed by atoms with E-state index >= 15 is 0 Å². The van der Waals surface area contributed by atoms with E-state index in [2.05, 4.69) is 46.2 Å². The number of guanidine groups is 1. The van der Waals surface area contributed by atoms with E-state index in [0.717, 1.165) is 71.2 Å². The molecule has 1 atom stereocenters. The summed E-state index contributed by atoms with van der Waals surface area (Å²) in [6.45, 7) is 12.8. The van der Waals surface area contributed by atoms with Gasteiger partial charge in [-0.15, -0.1) is 0 Å². The smallest absolute Gasteiger partial charge is 0.222 e. The zero-order valence-corrected chi connectivity index (χ0v) is 17.0. The molecule has 1 amide bonds. The maximum absolute atomic E-state index is 11.9. The minimum absolute atomic E-state index is 0.0509. The quantitative estimate of drug-likeness (QED) is 0.496. The highest BCUT2D eigenvalue weighted by atomic mass is 16.5. The molecule has 0 bridgehead atoms. The Hall–Kier alpha value is -1.34. The number of carbonyl (C=O) groups is 1. The van der Waals surface area contributed by atoms with Crippen LogP contribution in [0.4, 0.5) is 0 Å². The molecule has 0 radical (unpaired) electrons. The summed E-state index contributed by atoms with van der Waals surface area (Å²) in [5.74, 6) is 1.14. The number of morpholine rings is 1. The molecule has 0 aromatic rings. The van der Waals surface area contributed by atoms with Crippen molar-refractivity contribution in [2.45, 2.75) is 58.0 Å². The summed E-state index contributed by atoms with van der Waals surface area (Å²) in [6, 6.07) is 0.334. The molecule has 1 unspecified atom stereocenters. The van der Waals surface area contributed by atoms with Gasteiger partial charge in [0, 0.05) is 57.8 Å². The van der Waals surface area contributed by atoms with Crippen LogP contribution >= 0.6 is 0 Å². The molecule has 2 fully saturated rings. The molecule has 2 aliphatic heterocycles. The zero-order valence-electron chi connectivity index (χ0n) is 17.0. The summed E-state index contributed by atoms with van der Waals surface area (Å²) >= 11 is 0. The molecule has 0 aromatic carbocycles. The van der Waals surface area contributed by atoms with Crippen molar-refractivity contribution in [2.75, 3.05) is 53.0 Å². The number of amides is 1. The third kappa shape index (κ3) is 5.84. The van der Waals surface area contributed by atoms with E-state index in [1.54, 1.807) is 7.05 Å². The van der Waals surface area contributed by atoms with Crippen LogP contribution in [-0.2, 0) is 9.53 Å². The first-order chi connectivity index (χ1) is 12.5. The van der Waals surface area contributed by atoms with Crippen molar-refractivity contribution in [1.29, 1.82) is 0 Å². The maximum atomic E-state index is 11.9. The number of hydrogen-bond donors (Lipinski definition) is 2. The van der Waals surface area contributed by atoms with Crippen LogP contribution in [0.2, 0.25) is 0 Å². The van der Waals surface area contributed by atoms with Crippen molar-refractivity contribution in [3.63, 3.8) is 0 Å². The van der Waals surface area contributed by atoms with Crippen LogP contribution in [0.15, 0.2) is 4.99 Å². The van der Waals surface area contributed by atoms with Gasteiger partial charge in [0.1, 0.15) is 0 Å². The Kier molecular flexibility index (Phi) is 8.15. The van der Waals surface area contributed by atoms with Crippen LogP contribution in [0, 0.1) is 0 Å². The van der Waals surface area contributed by atoms with E-state index in [4.69, 9.17) is 4.74 Å². The van der Waals surface area contributed by atoms with Crippen molar-refractivity contribution < 1.29 is 9.53 Å². The Balaban J connectivity index is 1.74. The molecule has 2 aliphatic rings. The van der Waals surface area contributed by atoms with Crippen LogP contribution in [-0.4, -0.2) is 86.2 Å². The number of rotatable bonds is 8. The summed E-state index contributed by atoms with van der Waals surface area (Å²) in [4.78, 5) is 20.8. The summed E-state index contributed by atoms with van der Waals surface area (Å²) in [5, 5.41) is 6.86. The van der Waals surface area contributed by atoms with E-state index in [-0.39, 0.29) is 5.54 Å². The Morgan fingerprint density at radius 1 is 1.27 bits per heavy atom. The molecule has 0 saturated carbocycles. The van der Waals surface area contributed by atoms with Crippen LogP contribution < -0.4 is 10.6 Å². The largest absolute Gasteiger partial charge is 0.379 e. The molecular formula is C19H37N5O2. The van der Waals surface area contributed by atoms with E-state index in [1.165, 1.54) is 0 Å². The van der Waals surface area contributed by atoms with Crippen molar-refractivity contribution in [1.82, 2.24) is 20.4 Å². The first-order valence-electron chi connectivity index (χ1n) is 10.0. The van der Waals surface area contributed by atoms with Gasteiger partial charge in [-0.3, -0.25) is 14.7 Å². The minimum Gasteiger partial charge on any atom is -0.379 e. The van der Waals surface area contributed by atoms with Crippen LogP contribution in [0.1, 0.15) is 46.5 Å². The Morgan fingerprint density at radius 2 is 2.00 bits per heavy atom. The van der Waals surface area contributed by atoms with E-state index < -0.39 is 0 Å². The molecule has 150 valence electrons. The second kappa shape index (κ2) is 10.1. The number of nitrogens with one attached hydrogen (secondary N) is 2.